The minimum absolute atomic E-state index is 0.0369. The SMILES string of the molecule is Cn1cc([C@@H]2Nc3ccc4ccccc4c3C3=C2C(=O)CC(C)(C)C3)c2ccccc21. The molecule has 0 saturated heterocycles. The Kier molecular flexibility index (Phi) is 3.77. The third-order valence-electron chi connectivity index (χ3n) is 6.98. The molecule has 3 aromatic carbocycles. The summed E-state index contributed by atoms with van der Waals surface area (Å²) in [7, 11) is 2.08. The second kappa shape index (κ2) is 6.34. The zero-order chi connectivity index (χ0) is 21.3. The number of Topliss-reactive ketones (excluding diaryl/α,β-unsaturated/α-hetero) is 1. The van der Waals surface area contributed by atoms with E-state index in [9.17, 15) is 4.79 Å². The van der Waals surface area contributed by atoms with Gasteiger partial charge in [-0.15, -0.1) is 0 Å². The molecule has 4 aromatic rings. The molecule has 6 rings (SSSR count). The number of aromatic nitrogens is 1. The molecule has 0 bridgehead atoms. The van der Waals surface area contributed by atoms with Crippen molar-refractivity contribution < 1.29 is 4.79 Å². The molecule has 0 fully saturated rings. The summed E-state index contributed by atoms with van der Waals surface area (Å²) in [5, 5.41) is 7.42. The number of rotatable bonds is 1. The molecular formula is C28H26N2O. The monoisotopic (exact) mass is 406 g/mol. The summed E-state index contributed by atoms with van der Waals surface area (Å²) < 4.78 is 2.17. The van der Waals surface area contributed by atoms with Crippen molar-refractivity contribution in [3.63, 3.8) is 0 Å². The van der Waals surface area contributed by atoms with Crippen molar-refractivity contribution in [3.05, 3.63) is 83.6 Å². The molecular weight excluding hydrogens is 380 g/mol. The van der Waals surface area contributed by atoms with Gasteiger partial charge in [0.05, 0.1) is 6.04 Å². The summed E-state index contributed by atoms with van der Waals surface area (Å²) in [6, 6.07) is 21.2. The third kappa shape index (κ3) is 2.69. The van der Waals surface area contributed by atoms with E-state index >= 15 is 0 Å². The highest BCUT2D eigenvalue weighted by Gasteiger charge is 2.41. The summed E-state index contributed by atoms with van der Waals surface area (Å²) in [6.45, 7) is 4.43. The van der Waals surface area contributed by atoms with Crippen molar-refractivity contribution in [2.75, 3.05) is 5.32 Å². The summed E-state index contributed by atoms with van der Waals surface area (Å²) in [6.07, 6.45) is 3.69. The first-order valence-electron chi connectivity index (χ1n) is 11.0. The van der Waals surface area contributed by atoms with Gasteiger partial charge in [0.15, 0.2) is 5.78 Å². The predicted octanol–water partition coefficient (Wildman–Crippen LogP) is 6.64. The van der Waals surface area contributed by atoms with E-state index in [4.69, 9.17) is 0 Å². The second-order valence-corrected chi connectivity index (χ2v) is 9.83. The summed E-state index contributed by atoms with van der Waals surface area (Å²) in [4.78, 5) is 13.6. The van der Waals surface area contributed by atoms with Crippen molar-refractivity contribution in [1.29, 1.82) is 0 Å². The molecule has 1 atom stereocenters. The zero-order valence-electron chi connectivity index (χ0n) is 18.2. The Bertz CT molecular complexity index is 1420. The minimum atomic E-state index is -0.127. The minimum Gasteiger partial charge on any atom is -0.373 e. The largest absolute Gasteiger partial charge is 0.373 e. The first-order chi connectivity index (χ1) is 14.9. The maximum atomic E-state index is 13.6. The standard InChI is InChI=1S/C28H26N2O/c1-28(2)14-20-25-18-9-5-4-8-17(18)12-13-22(25)29-27(26(20)24(31)15-28)21-16-30(3)23-11-7-6-10-19(21)23/h4-13,16,27,29H,14-15H2,1-3H3/t27-/m0/s1. The Labute approximate surface area is 182 Å². The van der Waals surface area contributed by atoms with Crippen molar-refractivity contribution in [3.8, 4) is 0 Å². The highest BCUT2D eigenvalue weighted by atomic mass is 16.1. The van der Waals surface area contributed by atoms with Gasteiger partial charge < -0.3 is 9.88 Å². The Morgan fingerprint density at radius 3 is 2.52 bits per heavy atom. The number of anilines is 1. The van der Waals surface area contributed by atoms with Crippen LogP contribution in [0, 0.1) is 5.41 Å². The first kappa shape index (κ1) is 18.4. The molecule has 1 aliphatic heterocycles. The van der Waals surface area contributed by atoms with Gasteiger partial charge in [0.2, 0.25) is 0 Å². The van der Waals surface area contributed by atoms with Gasteiger partial charge in [-0.2, -0.15) is 0 Å². The predicted molar refractivity (Wildman–Crippen MR) is 128 cm³/mol. The number of hydrogen-bond donors (Lipinski definition) is 1. The summed E-state index contributed by atoms with van der Waals surface area (Å²) >= 11 is 0. The molecule has 1 aromatic heterocycles. The lowest BCUT2D eigenvalue weighted by Crippen LogP contribution is -2.33. The molecule has 0 amide bonds. The first-order valence-corrected chi connectivity index (χ1v) is 11.0. The van der Waals surface area contributed by atoms with Crippen molar-refractivity contribution in [1.82, 2.24) is 4.57 Å². The Balaban J connectivity index is 1.67. The van der Waals surface area contributed by atoms with Crippen molar-refractivity contribution >= 4 is 38.7 Å². The van der Waals surface area contributed by atoms with E-state index in [0.29, 0.717) is 6.42 Å². The maximum Gasteiger partial charge on any atom is 0.162 e. The second-order valence-electron chi connectivity index (χ2n) is 9.83. The van der Waals surface area contributed by atoms with Gasteiger partial charge in [-0.1, -0.05) is 62.4 Å². The Hall–Kier alpha value is -3.33. The maximum absolute atomic E-state index is 13.6. The van der Waals surface area contributed by atoms with E-state index in [0.717, 1.165) is 17.7 Å². The molecule has 3 nitrogen and oxygen atoms in total. The van der Waals surface area contributed by atoms with E-state index in [-0.39, 0.29) is 17.2 Å². The quantitative estimate of drug-likeness (QED) is 0.384. The van der Waals surface area contributed by atoms with Gasteiger partial charge in [0.1, 0.15) is 0 Å². The normalized spacial score (nSPS) is 20.0. The summed E-state index contributed by atoms with van der Waals surface area (Å²) in [5.41, 5.74) is 6.85. The number of ketones is 1. The number of nitrogens with one attached hydrogen (secondary N) is 1. The molecule has 3 heteroatoms. The van der Waals surface area contributed by atoms with Gasteiger partial charge in [-0.05, 0) is 40.3 Å². The van der Waals surface area contributed by atoms with Gasteiger partial charge in [-0.25, -0.2) is 0 Å². The van der Waals surface area contributed by atoms with Crippen LogP contribution in [0.25, 0.3) is 27.2 Å². The number of fused-ring (bicyclic) bond motifs is 5. The number of aryl methyl sites for hydroxylation is 1. The lowest BCUT2D eigenvalue weighted by molar-refractivity contribution is -0.118. The van der Waals surface area contributed by atoms with Crippen molar-refractivity contribution in [2.24, 2.45) is 12.5 Å². The molecule has 0 radical (unpaired) electrons. The van der Waals surface area contributed by atoms with E-state index < -0.39 is 0 Å². The molecule has 1 N–H and O–H groups in total. The fourth-order valence-corrected chi connectivity index (χ4v) is 5.67. The van der Waals surface area contributed by atoms with Gasteiger partial charge in [0.25, 0.3) is 0 Å². The Morgan fingerprint density at radius 2 is 1.68 bits per heavy atom. The highest BCUT2D eigenvalue weighted by Crippen LogP contribution is 2.52. The molecule has 154 valence electrons. The molecule has 31 heavy (non-hydrogen) atoms. The average molecular weight is 407 g/mol. The van der Waals surface area contributed by atoms with Gasteiger partial charge in [-0.3, -0.25) is 4.79 Å². The van der Waals surface area contributed by atoms with Crippen LogP contribution in [-0.2, 0) is 11.8 Å². The van der Waals surface area contributed by atoms with Crippen molar-refractivity contribution in [2.45, 2.75) is 32.7 Å². The van der Waals surface area contributed by atoms with Crippen LogP contribution in [0.2, 0.25) is 0 Å². The summed E-state index contributed by atoms with van der Waals surface area (Å²) in [5.74, 6) is 0.273. The van der Waals surface area contributed by atoms with E-state index in [1.165, 1.54) is 38.4 Å². The molecule has 1 aliphatic carbocycles. The number of carbonyl (C=O) groups excluding carboxylic acids is 1. The lowest BCUT2D eigenvalue weighted by atomic mass is 9.68. The smallest absolute Gasteiger partial charge is 0.162 e. The molecule has 2 heterocycles. The van der Waals surface area contributed by atoms with Gasteiger partial charge >= 0.3 is 0 Å². The number of benzene rings is 3. The van der Waals surface area contributed by atoms with Crippen LogP contribution in [0.5, 0.6) is 0 Å². The molecule has 0 saturated carbocycles. The van der Waals surface area contributed by atoms with Crippen LogP contribution in [-0.4, -0.2) is 10.4 Å². The zero-order valence-corrected chi connectivity index (χ0v) is 18.2. The van der Waals surface area contributed by atoms with Crippen LogP contribution in [0.15, 0.2) is 72.4 Å². The van der Waals surface area contributed by atoms with E-state index in [2.05, 4.69) is 97.6 Å². The Morgan fingerprint density at radius 1 is 0.935 bits per heavy atom. The number of allylic oxidation sites excluding steroid dienone is 1. The number of nitrogens with zero attached hydrogens (tertiary/aromatic N) is 1. The van der Waals surface area contributed by atoms with Crippen LogP contribution in [0.4, 0.5) is 5.69 Å². The highest BCUT2D eigenvalue weighted by molar-refractivity contribution is 6.13. The number of carbonyl (C=O) groups is 1. The van der Waals surface area contributed by atoms with Crippen LogP contribution < -0.4 is 5.32 Å². The number of para-hydroxylation sites is 1. The molecule has 0 unspecified atom stereocenters. The number of hydrogen-bond acceptors (Lipinski definition) is 2. The van der Waals surface area contributed by atoms with E-state index in [1.807, 2.05) is 0 Å². The van der Waals surface area contributed by atoms with E-state index in [1.54, 1.807) is 0 Å². The van der Waals surface area contributed by atoms with Crippen LogP contribution >= 0.6 is 0 Å². The van der Waals surface area contributed by atoms with Gasteiger partial charge in [0, 0.05) is 53.0 Å². The van der Waals surface area contributed by atoms with Crippen LogP contribution in [0.3, 0.4) is 0 Å². The fourth-order valence-electron chi connectivity index (χ4n) is 5.67. The topological polar surface area (TPSA) is 34.0 Å². The average Bonchev–Trinajstić information content (AvgIpc) is 3.08. The third-order valence-corrected chi connectivity index (χ3v) is 6.98. The lowest BCUT2D eigenvalue weighted by Gasteiger charge is -2.40. The fraction of sp³-hybridized carbons (Fsp3) is 0.250. The molecule has 0 spiro atoms. The van der Waals surface area contributed by atoms with Crippen LogP contribution in [0.1, 0.15) is 43.9 Å². The molecule has 2 aliphatic rings.